The summed E-state index contributed by atoms with van der Waals surface area (Å²) in [5.41, 5.74) is 8.50. The summed E-state index contributed by atoms with van der Waals surface area (Å²) in [5.74, 6) is 0.242. The minimum atomic E-state index is -0.292. The summed E-state index contributed by atoms with van der Waals surface area (Å²) >= 11 is 1.51. The van der Waals surface area contributed by atoms with Gasteiger partial charge in [-0.2, -0.15) is 0 Å². The van der Waals surface area contributed by atoms with Crippen molar-refractivity contribution in [1.29, 1.82) is 0 Å². The molecule has 0 radical (unpaired) electrons. The lowest BCUT2D eigenvalue weighted by Crippen LogP contribution is -2.21. The van der Waals surface area contributed by atoms with Crippen molar-refractivity contribution in [2.24, 2.45) is 5.73 Å². The summed E-state index contributed by atoms with van der Waals surface area (Å²) in [4.78, 5) is 4.98. The summed E-state index contributed by atoms with van der Waals surface area (Å²) in [5, 5.41) is 0. The predicted octanol–water partition coefficient (Wildman–Crippen LogP) is 3.14. The van der Waals surface area contributed by atoms with Gasteiger partial charge in [-0.25, -0.2) is 4.39 Å². The van der Waals surface area contributed by atoms with E-state index in [2.05, 4.69) is 4.98 Å². The maximum Gasteiger partial charge on any atom is 0.127 e. The van der Waals surface area contributed by atoms with Gasteiger partial charge in [0.25, 0.3) is 0 Å². The van der Waals surface area contributed by atoms with E-state index in [1.165, 1.54) is 23.5 Å². The van der Waals surface area contributed by atoms with Gasteiger partial charge in [0.15, 0.2) is 0 Å². The van der Waals surface area contributed by atoms with Gasteiger partial charge in [0.1, 0.15) is 18.2 Å². The van der Waals surface area contributed by atoms with E-state index in [9.17, 15) is 4.39 Å². The standard InChI is InChI=1S/C14H17FN2OS/c1-2-12(16)4-10-3-11(15)6-13(5-10)18-8-14-7-17-9-19-14/h3,5-7,9,12H,2,4,8,16H2,1H3. The van der Waals surface area contributed by atoms with Gasteiger partial charge < -0.3 is 10.5 Å². The second kappa shape index (κ2) is 6.63. The average molecular weight is 280 g/mol. The van der Waals surface area contributed by atoms with E-state index >= 15 is 0 Å². The fourth-order valence-electron chi connectivity index (χ4n) is 1.74. The lowest BCUT2D eigenvalue weighted by Gasteiger charge is -2.11. The molecule has 0 aliphatic carbocycles. The average Bonchev–Trinajstić information content (AvgIpc) is 2.88. The number of hydrogen-bond donors (Lipinski definition) is 1. The van der Waals surface area contributed by atoms with E-state index in [1.807, 2.05) is 13.0 Å². The lowest BCUT2D eigenvalue weighted by molar-refractivity contribution is 0.307. The van der Waals surface area contributed by atoms with Crippen LogP contribution in [0.2, 0.25) is 0 Å². The third-order valence-corrected chi connectivity index (χ3v) is 3.57. The maximum atomic E-state index is 13.5. The van der Waals surface area contributed by atoms with Crippen LogP contribution in [-0.4, -0.2) is 11.0 Å². The van der Waals surface area contributed by atoms with Crippen molar-refractivity contribution in [3.05, 3.63) is 46.2 Å². The number of nitrogens with two attached hydrogens (primary N) is 1. The third kappa shape index (κ3) is 4.29. The molecule has 2 aromatic rings. The van der Waals surface area contributed by atoms with Crippen LogP contribution in [0.1, 0.15) is 23.8 Å². The van der Waals surface area contributed by atoms with Crippen LogP contribution >= 0.6 is 11.3 Å². The van der Waals surface area contributed by atoms with E-state index < -0.39 is 0 Å². The third-order valence-electron chi connectivity index (χ3n) is 2.82. The topological polar surface area (TPSA) is 48.1 Å². The quantitative estimate of drug-likeness (QED) is 0.884. The highest BCUT2D eigenvalue weighted by atomic mass is 32.1. The number of hydrogen-bond acceptors (Lipinski definition) is 4. The highest BCUT2D eigenvalue weighted by molar-refractivity contribution is 7.09. The predicted molar refractivity (Wildman–Crippen MR) is 74.8 cm³/mol. The van der Waals surface area contributed by atoms with Gasteiger partial charge in [-0.15, -0.1) is 11.3 Å². The van der Waals surface area contributed by atoms with Gasteiger partial charge in [0.2, 0.25) is 0 Å². The molecule has 0 aliphatic heterocycles. The molecule has 1 heterocycles. The molecule has 1 aromatic carbocycles. The van der Waals surface area contributed by atoms with Crippen LogP contribution < -0.4 is 10.5 Å². The highest BCUT2D eigenvalue weighted by Crippen LogP contribution is 2.20. The van der Waals surface area contributed by atoms with Crippen molar-refractivity contribution in [3.8, 4) is 5.75 Å². The molecule has 1 atom stereocenters. The summed E-state index contributed by atoms with van der Waals surface area (Å²) in [6.07, 6.45) is 3.27. The number of ether oxygens (including phenoxy) is 1. The van der Waals surface area contributed by atoms with E-state index in [-0.39, 0.29) is 11.9 Å². The first-order valence-corrected chi connectivity index (χ1v) is 7.10. The molecule has 0 fully saturated rings. The molecule has 0 amide bonds. The van der Waals surface area contributed by atoms with E-state index in [0.29, 0.717) is 18.8 Å². The van der Waals surface area contributed by atoms with Crippen molar-refractivity contribution in [3.63, 3.8) is 0 Å². The zero-order valence-electron chi connectivity index (χ0n) is 10.8. The minimum absolute atomic E-state index is 0.0520. The zero-order valence-corrected chi connectivity index (χ0v) is 11.6. The molecule has 0 aliphatic rings. The Kier molecular flexibility index (Phi) is 4.87. The van der Waals surface area contributed by atoms with E-state index in [1.54, 1.807) is 11.7 Å². The fraction of sp³-hybridized carbons (Fsp3) is 0.357. The minimum Gasteiger partial charge on any atom is -0.488 e. The van der Waals surface area contributed by atoms with Gasteiger partial charge >= 0.3 is 0 Å². The fourth-order valence-corrected chi connectivity index (χ4v) is 2.24. The van der Waals surface area contributed by atoms with Crippen molar-refractivity contribution < 1.29 is 9.13 Å². The molecule has 5 heteroatoms. The molecule has 0 saturated carbocycles. The summed E-state index contributed by atoms with van der Waals surface area (Å²) < 4.78 is 19.1. The SMILES string of the molecule is CCC(N)Cc1cc(F)cc(OCc2cncs2)c1. The second-order valence-corrected chi connectivity index (χ2v) is 5.39. The Balaban J connectivity index is 2.03. The second-order valence-electron chi connectivity index (χ2n) is 4.42. The number of halogens is 1. The number of thiazole rings is 1. The van der Waals surface area contributed by atoms with Crippen LogP contribution in [0.3, 0.4) is 0 Å². The maximum absolute atomic E-state index is 13.5. The first-order valence-electron chi connectivity index (χ1n) is 6.22. The molecule has 3 nitrogen and oxygen atoms in total. The Morgan fingerprint density at radius 3 is 2.95 bits per heavy atom. The molecule has 19 heavy (non-hydrogen) atoms. The molecular formula is C14H17FN2OS. The van der Waals surface area contributed by atoms with Gasteiger partial charge in [-0.05, 0) is 30.5 Å². The summed E-state index contributed by atoms with van der Waals surface area (Å²) in [6, 6.07) is 4.80. The van der Waals surface area contributed by atoms with Crippen LogP contribution in [0.25, 0.3) is 0 Å². The van der Waals surface area contributed by atoms with Crippen LogP contribution in [0.5, 0.6) is 5.75 Å². The Morgan fingerprint density at radius 1 is 1.42 bits per heavy atom. The smallest absolute Gasteiger partial charge is 0.127 e. The van der Waals surface area contributed by atoms with Crippen LogP contribution in [0.15, 0.2) is 29.9 Å². The molecule has 1 unspecified atom stereocenters. The monoisotopic (exact) mass is 280 g/mol. The molecule has 2 rings (SSSR count). The largest absolute Gasteiger partial charge is 0.488 e. The van der Waals surface area contributed by atoms with Gasteiger partial charge in [0.05, 0.1) is 10.4 Å². The molecule has 0 spiro atoms. The van der Waals surface area contributed by atoms with Gasteiger partial charge in [-0.1, -0.05) is 6.92 Å². The van der Waals surface area contributed by atoms with Crippen LogP contribution in [0, 0.1) is 5.82 Å². The number of nitrogens with zero attached hydrogens (tertiary/aromatic N) is 1. The normalized spacial score (nSPS) is 12.4. The number of aromatic nitrogens is 1. The van der Waals surface area contributed by atoms with Crippen molar-refractivity contribution >= 4 is 11.3 Å². The first kappa shape index (κ1) is 14.0. The van der Waals surface area contributed by atoms with Crippen LogP contribution in [0.4, 0.5) is 4.39 Å². The Hall–Kier alpha value is -1.46. The molecule has 0 bridgehead atoms. The summed E-state index contributed by atoms with van der Waals surface area (Å²) in [6.45, 7) is 2.43. The van der Waals surface area contributed by atoms with Crippen molar-refractivity contribution in [2.45, 2.75) is 32.4 Å². The highest BCUT2D eigenvalue weighted by Gasteiger charge is 2.06. The lowest BCUT2D eigenvalue weighted by atomic mass is 10.0. The summed E-state index contributed by atoms with van der Waals surface area (Å²) in [7, 11) is 0. The van der Waals surface area contributed by atoms with Gasteiger partial charge in [-0.3, -0.25) is 4.98 Å². The van der Waals surface area contributed by atoms with Crippen LogP contribution in [-0.2, 0) is 13.0 Å². The molecule has 1 aromatic heterocycles. The first-order chi connectivity index (χ1) is 9.17. The molecule has 0 saturated heterocycles. The van der Waals surface area contributed by atoms with Crippen molar-refractivity contribution in [2.75, 3.05) is 0 Å². The molecular weight excluding hydrogens is 263 g/mol. The number of benzene rings is 1. The van der Waals surface area contributed by atoms with E-state index in [0.717, 1.165) is 16.9 Å². The van der Waals surface area contributed by atoms with Crippen molar-refractivity contribution in [1.82, 2.24) is 4.98 Å². The zero-order chi connectivity index (χ0) is 13.7. The molecule has 102 valence electrons. The Labute approximate surface area is 116 Å². The van der Waals surface area contributed by atoms with Gasteiger partial charge in [0, 0.05) is 18.3 Å². The Morgan fingerprint density at radius 2 is 2.26 bits per heavy atom. The number of rotatable bonds is 6. The van der Waals surface area contributed by atoms with E-state index in [4.69, 9.17) is 10.5 Å². The molecule has 2 N–H and O–H groups in total. The Bertz CT molecular complexity index is 516.